The van der Waals surface area contributed by atoms with Gasteiger partial charge in [-0.05, 0) is 70.6 Å². The smallest absolute Gasteiger partial charge is 0.123 e. The largest absolute Gasteiger partial charge is 0.507 e. The fraction of sp³-hybridized carbons (Fsp3) is 0.192. The fourth-order valence-corrected chi connectivity index (χ4v) is 6.44. The van der Waals surface area contributed by atoms with Crippen molar-refractivity contribution in [3.8, 4) is 17.0 Å². The molecule has 0 radical (unpaired) electrons. The zero-order valence-electron chi connectivity index (χ0n) is 17.5. The summed E-state index contributed by atoms with van der Waals surface area (Å²) in [6.45, 7) is 12.9. The summed E-state index contributed by atoms with van der Waals surface area (Å²) in [4.78, 5) is 4.84. The minimum Gasteiger partial charge on any atom is -0.507 e. The Kier molecular flexibility index (Phi) is 4.28. The molecule has 3 heterocycles. The lowest BCUT2D eigenvalue weighted by molar-refractivity contribution is 0.474. The Morgan fingerprint density at radius 3 is 2.53 bits per heavy atom. The maximum atomic E-state index is 10.6. The van der Waals surface area contributed by atoms with Gasteiger partial charge in [-0.1, -0.05) is 27.4 Å². The predicted octanol–water partition coefficient (Wildman–Crippen LogP) is 8.37. The molecule has 5 rings (SSSR count). The molecule has 2 nitrogen and oxygen atoms in total. The summed E-state index contributed by atoms with van der Waals surface area (Å²) >= 11 is 3.53. The van der Waals surface area contributed by atoms with E-state index in [0.29, 0.717) is 0 Å². The number of allylic oxidation sites excluding steroid dienone is 1. The number of aromatic nitrogens is 1. The van der Waals surface area contributed by atoms with Crippen LogP contribution in [0.25, 0.3) is 47.1 Å². The number of aromatic hydroxyl groups is 1. The Morgan fingerprint density at radius 1 is 1.03 bits per heavy atom. The van der Waals surface area contributed by atoms with E-state index in [0.717, 1.165) is 37.9 Å². The van der Waals surface area contributed by atoms with Gasteiger partial charge in [0, 0.05) is 42.2 Å². The summed E-state index contributed by atoms with van der Waals surface area (Å²) in [6.07, 6.45) is 1.89. The first-order valence-corrected chi connectivity index (χ1v) is 11.7. The van der Waals surface area contributed by atoms with Gasteiger partial charge < -0.3 is 5.11 Å². The first kappa shape index (κ1) is 19.3. The first-order chi connectivity index (χ1) is 14.3. The molecule has 0 amide bonds. The summed E-state index contributed by atoms with van der Waals surface area (Å²) in [6, 6.07) is 12.6. The molecule has 30 heavy (non-hydrogen) atoms. The third kappa shape index (κ3) is 2.86. The van der Waals surface area contributed by atoms with Crippen LogP contribution in [0.3, 0.4) is 0 Å². The van der Waals surface area contributed by atoms with Crippen LogP contribution in [0.4, 0.5) is 0 Å². The highest BCUT2D eigenvalue weighted by atomic mass is 32.1. The molecule has 2 aromatic carbocycles. The fourth-order valence-electron chi connectivity index (χ4n) is 4.22. The molecule has 0 unspecified atom stereocenters. The third-order valence-electron chi connectivity index (χ3n) is 5.59. The van der Waals surface area contributed by atoms with Gasteiger partial charge in [-0.3, -0.25) is 4.98 Å². The number of rotatable bonds is 2. The van der Waals surface area contributed by atoms with Gasteiger partial charge in [-0.15, -0.1) is 22.7 Å². The molecule has 0 fully saturated rings. The van der Waals surface area contributed by atoms with Gasteiger partial charge in [0.25, 0.3) is 0 Å². The van der Waals surface area contributed by atoms with Crippen molar-refractivity contribution in [1.29, 1.82) is 0 Å². The van der Waals surface area contributed by atoms with Crippen molar-refractivity contribution >= 4 is 58.5 Å². The Labute approximate surface area is 184 Å². The van der Waals surface area contributed by atoms with Crippen LogP contribution >= 0.6 is 22.7 Å². The zero-order valence-corrected chi connectivity index (χ0v) is 19.2. The van der Waals surface area contributed by atoms with Crippen molar-refractivity contribution < 1.29 is 5.11 Å². The lowest BCUT2D eigenvalue weighted by Crippen LogP contribution is -2.11. The molecule has 0 bridgehead atoms. The number of thiophene rings is 2. The number of pyridine rings is 1. The number of hydrogen-bond donors (Lipinski definition) is 1. The van der Waals surface area contributed by atoms with Crippen molar-refractivity contribution in [3.05, 3.63) is 65.7 Å². The van der Waals surface area contributed by atoms with Crippen molar-refractivity contribution in [1.82, 2.24) is 4.98 Å². The van der Waals surface area contributed by atoms with Crippen LogP contribution in [0.1, 0.15) is 38.8 Å². The quantitative estimate of drug-likeness (QED) is 0.306. The van der Waals surface area contributed by atoms with Crippen molar-refractivity contribution in [2.75, 3.05) is 0 Å². The summed E-state index contributed by atoms with van der Waals surface area (Å²) in [5.41, 5.74) is 5.13. The van der Waals surface area contributed by atoms with E-state index in [1.807, 2.05) is 19.2 Å². The standard InChI is InChI=1S/C26H23NOS2/c1-14(2)21-18(28)6-7-19-22(21)23-20(30-19)8-10-27-24(23)16-12-15-9-11-29-25(15)17(13-16)26(3,4)5/h6-13,28H,1H2,2-5H3. The molecule has 0 spiro atoms. The summed E-state index contributed by atoms with van der Waals surface area (Å²) < 4.78 is 3.66. The van der Waals surface area contributed by atoms with Crippen molar-refractivity contribution in [2.45, 2.75) is 33.1 Å². The summed E-state index contributed by atoms with van der Waals surface area (Å²) in [7, 11) is 0. The van der Waals surface area contributed by atoms with Gasteiger partial charge >= 0.3 is 0 Å². The van der Waals surface area contributed by atoms with Crippen LogP contribution in [-0.4, -0.2) is 10.1 Å². The molecule has 0 aliphatic carbocycles. The van der Waals surface area contributed by atoms with Gasteiger partial charge in [-0.25, -0.2) is 0 Å². The van der Waals surface area contributed by atoms with E-state index >= 15 is 0 Å². The Morgan fingerprint density at radius 2 is 1.80 bits per heavy atom. The summed E-state index contributed by atoms with van der Waals surface area (Å²) in [5.74, 6) is 0.271. The highest BCUT2D eigenvalue weighted by Crippen LogP contribution is 2.46. The normalized spacial score (nSPS) is 12.3. The average Bonchev–Trinajstić information content (AvgIpc) is 3.29. The Hall–Kier alpha value is -2.69. The topological polar surface area (TPSA) is 33.1 Å². The molecule has 0 atom stereocenters. The van der Waals surface area contributed by atoms with E-state index < -0.39 is 0 Å². The SMILES string of the molecule is C=C(C)c1c(O)ccc2sc3ccnc(-c4cc(C(C)(C)C)c5sccc5c4)c3c12. The van der Waals surface area contributed by atoms with Gasteiger partial charge in [0.1, 0.15) is 5.75 Å². The second-order valence-electron chi connectivity index (χ2n) is 8.86. The van der Waals surface area contributed by atoms with E-state index in [1.54, 1.807) is 28.7 Å². The van der Waals surface area contributed by atoms with Crippen molar-refractivity contribution in [3.63, 3.8) is 0 Å². The average molecular weight is 430 g/mol. The number of phenolic OH excluding ortho intramolecular Hbond substituents is 1. The maximum Gasteiger partial charge on any atom is 0.123 e. The first-order valence-electron chi connectivity index (χ1n) is 9.97. The van der Waals surface area contributed by atoms with Crippen LogP contribution in [0.15, 0.2) is 54.6 Å². The van der Waals surface area contributed by atoms with E-state index in [-0.39, 0.29) is 11.2 Å². The second-order valence-corrected chi connectivity index (χ2v) is 10.9. The lowest BCUT2D eigenvalue weighted by Gasteiger charge is -2.21. The molecule has 5 aromatic rings. The van der Waals surface area contributed by atoms with Crippen LogP contribution in [0.2, 0.25) is 0 Å². The van der Waals surface area contributed by atoms with E-state index in [9.17, 15) is 5.11 Å². The molecule has 3 aromatic heterocycles. The number of nitrogens with zero attached hydrogens (tertiary/aromatic N) is 1. The summed E-state index contributed by atoms with van der Waals surface area (Å²) in [5, 5.41) is 16.2. The van der Waals surface area contributed by atoms with Crippen LogP contribution in [0.5, 0.6) is 5.75 Å². The Bertz CT molecular complexity index is 1460. The molecular formula is C26H23NOS2. The molecule has 0 saturated heterocycles. The third-order valence-corrected chi connectivity index (χ3v) is 7.67. The van der Waals surface area contributed by atoms with Crippen LogP contribution < -0.4 is 0 Å². The monoisotopic (exact) mass is 429 g/mol. The minimum atomic E-state index is 0.0326. The number of fused-ring (bicyclic) bond motifs is 4. The highest BCUT2D eigenvalue weighted by Gasteiger charge is 2.22. The van der Waals surface area contributed by atoms with Gasteiger partial charge in [0.15, 0.2) is 0 Å². The maximum absolute atomic E-state index is 10.6. The minimum absolute atomic E-state index is 0.0326. The van der Waals surface area contributed by atoms with E-state index in [2.05, 4.69) is 57.0 Å². The highest BCUT2D eigenvalue weighted by molar-refractivity contribution is 7.26. The lowest BCUT2D eigenvalue weighted by atomic mass is 9.84. The van der Waals surface area contributed by atoms with Gasteiger partial charge in [0.2, 0.25) is 0 Å². The molecule has 150 valence electrons. The van der Waals surface area contributed by atoms with Crippen LogP contribution in [-0.2, 0) is 5.41 Å². The molecule has 0 aliphatic rings. The van der Waals surface area contributed by atoms with E-state index in [4.69, 9.17) is 4.98 Å². The van der Waals surface area contributed by atoms with Gasteiger partial charge in [-0.2, -0.15) is 0 Å². The zero-order chi connectivity index (χ0) is 21.2. The predicted molar refractivity (Wildman–Crippen MR) is 133 cm³/mol. The number of benzene rings is 2. The molecule has 0 saturated carbocycles. The molecule has 0 aliphatic heterocycles. The van der Waals surface area contributed by atoms with E-state index in [1.165, 1.54) is 20.3 Å². The second kappa shape index (κ2) is 6.66. The number of hydrogen-bond acceptors (Lipinski definition) is 4. The van der Waals surface area contributed by atoms with Crippen molar-refractivity contribution in [2.24, 2.45) is 0 Å². The molecule has 1 N–H and O–H groups in total. The molecule has 4 heteroatoms. The Balaban J connectivity index is 1.93. The molecular weight excluding hydrogens is 406 g/mol. The number of phenols is 1. The van der Waals surface area contributed by atoms with Gasteiger partial charge in [0.05, 0.1) is 5.69 Å². The van der Waals surface area contributed by atoms with Crippen LogP contribution in [0, 0.1) is 0 Å².